The molecule has 7 nitrogen and oxygen atoms in total. The number of hydrogen-bond donors (Lipinski definition) is 1. The first-order valence-corrected chi connectivity index (χ1v) is 12.5. The van der Waals surface area contributed by atoms with Crippen LogP contribution < -0.4 is 9.47 Å². The smallest absolute Gasteiger partial charge is 0.344 e. The number of aliphatic hydroxyl groups is 1. The number of thioether (sulfide) groups is 1. The van der Waals surface area contributed by atoms with Crippen LogP contribution >= 0.6 is 34.4 Å². The monoisotopic (exact) mass is 605 g/mol. The van der Waals surface area contributed by atoms with Gasteiger partial charge in [-0.1, -0.05) is 42.6 Å². The number of nitrogens with zero attached hydrogens (tertiary/aromatic N) is 1. The molecule has 0 bridgehead atoms. The molecular weight excluding hydrogens is 581 g/mol. The fourth-order valence-corrected chi connectivity index (χ4v) is 5.01. The zero-order chi connectivity index (χ0) is 25.5. The molecule has 0 atom stereocenters. The number of aryl methyl sites for hydroxylation is 1. The number of amides is 1. The van der Waals surface area contributed by atoms with Gasteiger partial charge in [-0.2, -0.15) is 0 Å². The predicted molar refractivity (Wildman–Crippen MR) is 146 cm³/mol. The summed E-state index contributed by atoms with van der Waals surface area (Å²) in [6, 6.07) is 10.6. The third-order valence-corrected chi connectivity index (χ3v) is 6.67. The van der Waals surface area contributed by atoms with Crippen LogP contribution in [0.4, 0.5) is 0 Å². The van der Waals surface area contributed by atoms with Crippen molar-refractivity contribution in [3.63, 3.8) is 0 Å². The topological polar surface area (TPSA) is 94.4 Å². The number of esters is 1. The molecule has 0 aromatic heterocycles. The Labute approximate surface area is 221 Å². The second-order valence-corrected chi connectivity index (χ2v) is 9.42. The molecule has 3 rings (SSSR count). The van der Waals surface area contributed by atoms with Gasteiger partial charge in [0, 0.05) is 5.56 Å². The lowest BCUT2D eigenvalue weighted by Gasteiger charge is -2.12. The first-order valence-electron chi connectivity index (χ1n) is 10.6. The lowest BCUT2D eigenvalue weighted by molar-refractivity contribution is -0.138. The van der Waals surface area contributed by atoms with Crippen molar-refractivity contribution < 1.29 is 28.9 Å². The van der Waals surface area contributed by atoms with E-state index in [1.165, 1.54) is 7.11 Å². The van der Waals surface area contributed by atoms with Crippen LogP contribution in [0.3, 0.4) is 0 Å². The molecule has 0 fully saturated rings. The number of aliphatic hydroxyl groups excluding tert-OH is 1. The van der Waals surface area contributed by atoms with Gasteiger partial charge in [0.25, 0.3) is 5.91 Å². The van der Waals surface area contributed by atoms with Crippen LogP contribution in [0, 0.1) is 10.5 Å². The van der Waals surface area contributed by atoms with Crippen molar-refractivity contribution >= 4 is 57.3 Å². The Morgan fingerprint density at radius 2 is 2.00 bits per heavy atom. The number of aliphatic imine (C=N–C) groups is 1. The summed E-state index contributed by atoms with van der Waals surface area (Å²) in [5.41, 5.74) is 1.72. The number of halogens is 1. The highest BCUT2D eigenvalue weighted by Crippen LogP contribution is 2.41. The Hall–Kier alpha value is -3.05. The number of ether oxygens (including phenoxy) is 3. The van der Waals surface area contributed by atoms with Gasteiger partial charge in [-0.15, -0.1) is 0 Å². The van der Waals surface area contributed by atoms with Gasteiger partial charge in [-0.05, 0) is 71.8 Å². The summed E-state index contributed by atoms with van der Waals surface area (Å²) < 4.78 is 17.1. The quantitative estimate of drug-likeness (QED) is 0.228. The molecule has 35 heavy (non-hydrogen) atoms. The number of carbonyl (C=O) groups excluding carboxylic acids is 2. The van der Waals surface area contributed by atoms with Gasteiger partial charge in [0.2, 0.25) is 0 Å². The summed E-state index contributed by atoms with van der Waals surface area (Å²) in [7, 11) is 1.53. The van der Waals surface area contributed by atoms with E-state index in [1.54, 1.807) is 50.3 Å². The molecule has 1 amide bonds. The van der Waals surface area contributed by atoms with E-state index in [-0.39, 0.29) is 23.0 Å². The Morgan fingerprint density at radius 1 is 1.26 bits per heavy atom. The number of methoxy groups -OCH3 is 1. The van der Waals surface area contributed by atoms with Crippen molar-refractivity contribution in [2.75, 3.05) is 20.3 Å². The second-order valence-electron chi connectivity index (χ2n) is 7.23. The summed E-state index contributed by atoms with van der Waals surface area (Å²) in [4.78, 5) is 30.0. The van der Waals surface area contributed by atoms with E-state index in [0.29, 0.717) is 34.1 Å². The average molecular weight is 605 g/mol. The van der Waals surface area contributed by atoms with Gasteiger partial charge in [0.15, 0.2) is 11.5 Å². The molecule has 0 saturated carbocycles. The molecule has 0 spiro atoms. The lowest BCUT2D eigenvalue weighted by Crippen LogP contribution is -2.14. The Balaban J connectivity index is 2.04. The number of hydrogen-bond acceptors (Lipinski definition) is 7. The van der Waals surface area contributed by atoms with Crippen LogP contribution in [0.15, 0.2) is 70.3 Å². The number of benzene rings is 2. The van der Waals surface area contributed by atoms with E-state index < -0.39 is 11.9 Å². The molecule has 0 unspecified atom stereocenters. The fourth-order valence-electron chi connectivity index (χ4n) is 3.21. The standard InChI is InChI=1S/C26H24INO6S/c1-5-11-34-23-18(27)12-16(13-19(23)32-4)14-20-22(29)21(26(31)33-6-2)25(35-20)28-24(30)17-10-8-7-9-15(17)3/h5,7-10,12-14,29H,1,6,11H2,2-4H3/b20-14+,28-25?. The second kappa shape index (κ2) is 12.1. The highest BCUT2D eigenvalue weighted by molar-refractivity contribution is 14.1. The molecule has 1 aliphatic heterocycles. The maximum atomic E-state index is 12.9. The van der Waals surface area contributed by atoms with E-state index in [9.17, 15) is 14.7 Å². The van der Waals surface area contributed by atoms with Crippen molar-refractivity contribution in [2.45, 2.75) is 13.8 Å². The zero-order valence-corrected chi connectivity index (χ0v) is 22.4. The van der Waals surface area contributed by atoms with Crippen LogP contribution in [0.2, 0.25) is 0 Å². The Morgan fingerprint density at radius 3 is 2.66 bits per heavy atom. The Kier molecular flexibility index (Phi) is 9.16. The maximum absolute atomic E-state index is 12.9. The lowest BCUT2D eigenvalue weighted by atomic mass is 10.1. The van der Waals surface area contributed by atoms with Gasteiger partial charge in [-0.25, -0.2) is 9.79 Å². The van der Waals surface area contributed by atoms with Crippen molar-refractivity contribution in [2.24, 2.45) is 4.99 Å². The molecule has 2 aromatic carbocycles. The minimum atomic E-state index is -0.752. The summed E-state index contributed by atoms with van der Waals surface area (Å²) in [5.74, 6) is -0.483. The average Bonchev–Trinajstić information content (AvgIpc) is 3.12. The van der Waals surface area contributed by atoms with Gasteiger partial charge in [0.05, 0.1) is 22.2 Å². The highest BCUT2D eigenvalue weighted by atomic mass is 127. The van der Waals surface area contributed by atoms with Crippen LogP contribution in [0.5, 0.6) is 11.5 Å². The normalized spacial score (nSPS) is 15.4. The SMILES string of the molecule is C=CCOc1c(I)cc(/C=C2/SC(=NC(=O)c3ccccc3C)C(C(=O)OCC)=C2O)cc1OC. The zero-order valence-electron chi connectivity index (χ0n) is 19.5. The first kappa shape index (κ1) is 26.6. The van der Waals surface area contributed by atoms with Crippen molar-refractivity contribution in [3.05, 3.63) is 85.6 Å². The van der Waals surface area contributed by atoms with E-state index in [1.807, 2.05) is 12.1 Å². The largest absolute Gasteiger partial charge is 0.506 e. The van der Waals surface area contributed by atoms with E-state index >= 15 is 0 Å². The van der Waals surface area contributed by atoms with Gasteiger partial charge in [0.1, 0.15) is 23.0 Å². The molecule has 0 saturated heterocycles. The molecule has 1 aliphatic rings. The number of rotatable bonds is 8. The van der Waals surface area contributed by atoms with Crippen LogP contribution in [-0.2, 0) is 9.53 Å². The highest BCUT2D eigenvalue weighted by Gasteiger charge is 2.34. The summed E-state index contributed by atoms with van der Waals surface area (Å²) >= 11 is 3.15. The van der Waals surface area contributed by atoms with E-state index in [4.69, 9.17) is 14.2 Å². The fraction of sp³-hybridized carbons (Fsp3) is 0.192. The first-order chi connectivity index (χ1) is 16.8. The van der Waals surface area contributed by atoms with E-state index in [0.717, 1.165) is 20.9 Å². The molecule has 1 N–H and O–H groups in total. The molecule has 182 valence electrons. The Bertz CT molecular complexity index is 1260. The van der Waals surface area contributed by atoms with Crippen LogP contribution in [-0.4, -0.2) is 42.4 Å². The van der Waals surface area contributed by atoms with Gasteiger partial charge < -0.3 is 19.3 Å². The van der Waals surface area contributed by atoms with Crippen molar-refractivity contribution in [3.8, 4) is 11.5 Å². The van der Waals surface area contributed by atoms with Crippen molar-refractivity contribution in [1.29, 1.82) is 0 Å². The maximum Gasteiger partial charge on any atom is 0.344 e. The molecule has 2 aromatic rings. The van der Waals surface area contributed by atoms with Crippen LogP contribution in [0.1, 0.15) is 28.4 Å². The van der Waals surface area contributed by atoms with Crippen molar-refractivity contribution in [1.82, 2.24) is 0 Å². The summed E-state index contributed by atoms with van der Waals surface area (Å²) in [5, 5.41) is 11.0. The molecule has 1 heterocycles. The number of carbonyl (C=O) groups is 2. The minimum absolute atomic E-state index is 0.0769. The summed E-state index contributed by atoms with van der Waals surface area (Å²) in [6.07, 6.45) is 3.32. The molecule has 0 radical (unpaired) electrons. The minimum Gasteiger partial charge on any atom is -0.506 e. The molecule has 0 aliphatic carbocycles. The third-order valence-electron chi connectivity index (χ3n) is 4.84. The summed E-state index contributed by atoms with van der Waals surface area (Å²) in [6.45, 7) is 7.55. The van der Waals surface area contributed by atoms with Gasteiger partial charge in [-0.3, -0.25) is 4.79 Å². The third kappa shape index (κ3) is 6.15. The van der Waals surface area contributed by atoms with E-state index in [2.05, 4.69) is 34.2 Å². The predicted octanol–water partition coefficient (Wildman–Crippen LogP) is 5.87. The molecule has 9 heteroatoms. The van der Waals surface area contributed by atoms with Crippen LogP contribution in [0.25, 0.3) is 6.08 Å². The van der Waals surface area contributed by atoms with Gasteiger partial charge >= 0.3 is 5.97 Å². The molecular formula is C26H24INO6S.